The van der Waals surface area contributed by atoms with Crippen LogP contribution in [0.5, 0.6) is 0 Å². The zero-order chi connectivity index (χ0) is 14.0. The molecule has 1 aromatic rings. The first-order chi connectivity index (χ1) is 8.94. The monoisotopic (exact) mass is 324 g/mol. The second-order valence-corrected chi connectivity index (χ2v) is 5.93. The molecular formula is C14H17BrN2O2. The van der Waals surface area contributed by atoms with Crippen LogP contribution in [0.25, 0.3) is 0 Å². The molecule has 1 aliphatic rings. The normalized spacial score (nSPS) is 17.2. The van der Waals surface area contributed by atoms with Crippen LogP contribution in [0.15, 0.2) is 22.7 Å². The Bertz CT molecular complexity index is 522. The molecule has 2 amide bonds. The third kappa shape index (κ3) is 2.81. The summed E-state index contributed by atoms with van der Waals surface area (Å²) in [6.07, 6.45) is 3.09. The quantitative estimate of drug-likeness (QED) is 0.895. The van der Waals surface area contributed by atoms with Gasteiger partial charge in [-0.1, -0.05) is 34.8 Å². The van der Waals surface area contributed by atoms with Crippen molar-refractivity contribution >= 4 is 27.7 Å². The molecule has 1 fully saturated rings. The number of primary amides is 1. The fraction of sp³-hybridized carbons (Fsp3) is 0.429. The van der Waals surface area contributed by atoms with Crippen molar-refractivity contribution in [2.24, 2.45) is 5.73 Å². The van der Waals surface area contributed by atoms with E-state index < -0.39 is 11.4 Å². The van der Waals surface area contributed by atoms with Crippen molar-refractivity contribution in [2.75, 3.05) is 0 Å². The van der Waals surface area contributed by atoms with Gasteiger partial charge in [0.25, 0.3) is 5.91 Å². The number of benzene rings is 1. The molecule has 0 aliphatic heterocycles. The Morgan fingerprint density at radius 2 is 1.95 bits per heavy atom. The largest absolute Gasteiger partial charge is 0.368 e. The molecule has 102 valence electrons. The minimum absolute atomic E-state index is 0.249. The third-order valence-corrected chi connectivity index (χ3v) is 4.57. The number of nitrogens with one attached hydrogen (secondary N) is 1. The van der Waals surface area contributed by atoms with E-state index in [-0.39, 0.29) is 5.91 Å². The summed E-state index contributed by atoms with van der Waals surface area (Å²) in [5, 5.41) is 2.82. The van der Waals surface area contributed by atoms with E-state index in [0.717, 1.165) is 22.9 Å². The van der Waals surface area contributed by atoms with E-state index in [9.17, 15) is 9.59 Å². The molecule has 0 atom stereocenters. The number of hydrogen-bond donors (Lipinski definition) is 2. The van der Waals surface area contributed by atoms with Crippen LogP contribution >= 0.6 is 15.9 Å². The van der Waals surface area contributed by atoms with Gasteiger partial charge in [0.05, 0.1) is 0 Å². The summed E-state index contributed by atoms with van der Waals surface area (Å²) in [7, 11) is 0. The van der Waals surface area contributed by atoms with Crippen LogP contribution in [0.2, 0.25) is 0 Å². The molecule has 2 rings (SSSR count). The van der Waals surface area contributed by atoms with Crippen molar-refractivity contribution in [1.29, 1.82) is 0 Å². The van der Waals surface area contributed by atoms with Crippen molar-refractivity contribution in [2.45, 2.75) is 38.1 Å². The Labute approximate surface area is 120 Å². The SMILES string of the molecule is Cc1ccc(C(=O)NC2(C(N)=O)CCCC2)cc1Br. The van der Waals surface area contributed by atoms with Gasteiger partial charge in [0, 0.05) is 10.0 Å². The standard InChI is InChI=1S/C14H17BrN2O2/c1-9-4-5-10(8-11(9)15)12(18)17-14(13(16)19)6-2-3-7-14/h4-5,8H,2-3,6-7H2,1H3,(H2,16,19)(H,17,18). The van der Waals surface area contributed by atoms with Crippen LogP contribution < -0.4 is 11.1 Å². The average Bonchev–Trinajstić information content (AvgIpc) is 2.82. The fourth-order valence-corrected chi connectivity index (χ4v) is 2.81. The van der Waals surface area contributed by atoms with Gasteiger partial charge in [-0.25, -0.2) is 0 Å². The summed E-state index contributed by atoms with van der Waals surface area (Å²) in [5.74, 6) is -0.689. The maximum absolute atomic E-state index is 12.2. The van der Waals surface area contributed by atoms with E-state index in [2.05, 4.69) is 21.2 Å². The molecule has 0 bridgehead atoms. The van der Waals surface area contributed by atoms with E-state index >= 15 is 0 Å². The highest BCUT2D eigenvalue weighted by molar-refractivity contribution is 9.10. The number of amides is 2. The summed E-state index contributed by atoms with van der Waals surface area (Å²) < 4.78 is 0.875. The summed E-state index contributed by atoms with van der Waals surface area (Å²) in [6.45, 7) is 1.95. The first-order valence-electron chi connectivity index (χ1n) is 6.33. The van der Waals surface area contributed by atoms with Crippen LogP contribution in [-0.2, 0) is 4.79 Å². The van der Waals surface area contributed by atoms with E-state index in [1.54, 1.807) is 12.1 Å². The molecule has 1 aliphatic carbocycles. The van der Waals surface area contributed by atoms with Crippen molar-refractivity contribution in [3.63, 3.8) is 0 Å². The molecule has 19 heavy (non-hydrogen) atoms. The molecule has 0 spiro atoms. The third-order valence-electron chi connectivity index (χ3n) is 3.72. The first-order valence-corrected chi connectivity index (χ1v) is 7.12. The van der Waals surface area contributed by atoms with Gasteiger partial charge < -0.3 is 11.1 Å². The van der Waals surface area contributed by atoms with Gasteiger partial charge in [0.2, 0.25) is 5.91 Å². The van der Waals surface area contributed by atoms with E-state index in [4.69, 9.17) is 5.73 Å². The lowest BCUT2D eigenvalue weighted by Crippen LogP contribution is -2.55. The Balaban J connectivity index is 2.20. The van der Waals surface area contributed by atoms with Gasteiger partial charge in [-0.2, -0.15) is 0 Å². The molecule has 0 radical (unpaired) electrons. The Morgan fingerprint density at radius 1 is 1.32 bits per heavy atom. The van der Waals surface area contributed by atoms with E-state index in [0.29, 0.717) is 18.4 Å². The fourth-order valence-electron chi connectivity index (χ4n) is 2.44. The number of nitrogens with two attached hydrogens (primary N) is 1. The molecular weight excluding hydrogens is 308 g/mol. The molecule has 0 heterocycles. The smallest absolute Gasteiger partial charge is 0.252 e. The molecule has 0 aromatic heterocycles. The predicted molar refractivity (Wildman–Crippen MR) is 76.7 cm³/mol. The minimum Gasteiger partial charge on any atom is -0.368 e. The Hall–Kier alpha value is -1.36. The Morgan fingerprint density at radius 3 is 2.47 bits per heavy atom. The number of halogens is 1. The summed E-state index contributed by atoms with van der Waals surface area (Å²) >= 11 is 3.40. The maximum Gasteiger partial charge on any atom is 0.252 e. The highest BCUT2D eigenvalue weighted by Crippen LogP contribution is 2.30. The second kappa shape index (κ2) is 5.33. The number of rotatable bonds is 3. The van der Waals surface area contributed by atoms with Crippen molar-refractivity contribution in [1.82, 2.24) is 5.32 Å². The molecule has 3 N–H and O–H groups in total. The lowest BCUT2D eigenvalue weighted by molar-refractivity contribution is -0.123. The van der Waals surface area contributed by atoms with Crippen LogP contribution in [0.3, 0.4) is 0 Å². The van der Waals surface area contributed by atoms with Gasteiger partial charge in [-0.15, -0.1) is 0 Å². The van der Waals surface area contributed by atoms with E-state index in [1.165, 1.54) is 0 Å². The molecule has 0 saturated heterocycles. The molecule has 5 heteroatoms. The zero-order valence-electron chi connectivity index (χ0n) is 10.8. The lowest BCUT2D eigenvalue weighted by atomic mass is 9.96. The molecule has 1 saturated carbocycles. The van der Waals surface area contributed by atoms with Crippen molar-refractivity contribution in [3.05, 3.63) is 33.8 Å². The van der Waals surface area contributed by atoms with Crippen molar-refractivity contribution < 1.29 is 9.59 Å². The summed E-state index contributed by atoms with van der Waals surface area (Å²) in [4.78, 5) is 23.8. The number of hydrogen-bond acceptors (Lipinski definition) is 2. The van der Waals surface area contributed by atoms with E-state index in [1.807, 2.05) is 13.0 Å². The summed E-state index contributed by atoms with van der Waals surface area (Å²) in [6, 6.07) is 5.37. The van der Waals surface area contributed by atoms with Crippen LogP contribution in [0, 0.1) is 6.92 Å². The number of carbonyl (C=O) groups excluding carboxylic acids is 2. The average molecular weight is 325 g/mol. The van der Waals surface area contributed by atoms with Crippen molar-refractivity contribution in [3.8, 4) is 0 Å². The zero-order valence-corrected chi connectivity index (χ0v) is 12.4. The van der Waals surface area contributed by atoms with Crippen LogP contribution in [-0.4, -0.2) is 17.4 Å². The molecule has 1 aromatic carbocycles. The maximum atomic E-state index is 12.2. The topological polar surface area (TPSA) is 72.2 Å². The number of aryl methyl sites for hydroxylation is 1. The minimum atomic E-state index is -0.867. The van der Waals surface area contributed by atoms with Gasteiger partial charge in [-0.05, 0) is 37.5 Å². The molecule has 0 unspecified atom stereocenters. The lowest BCUT2D eigenvalue weighted by Gasteiger charge is -2.26. The van der Waals surface area contributed by atoms with Gasteiger partial charge in [0.15, 0.2) is 0 Å². The molecule has 4 nitrogen and oxygen atoms in total. The highest BCUT2D eigenvalue weighted by atomic mass is 79.9. The second-order valence-electron chi connectivity index (χ2n) is 5.07. The van der Waals surface area contributed by atoms with Gasteiger partial charge >= 0.3 is 0 Å². The number of carbonyl (C=O) groups is 2. The van der Waals surface area contributed by atoms with Crippen LogP contribution in [0.4, 0.5) is 0 Å². The predicted octanol–water partition coefficient (Wildman–Crippen LogP) is 2.29. The summed E-state index contributed by atoms with van der Waals surface area (Å²) in [5.41, 5.74) is 6.17. The van der Waals surface area contributed by atoms with Gasteiger partial charge in [0.1, 0.15) is 5.54 Å². The van der Waals surface area contributed by atoms with Crippen LogP contribution in [0.1, 0.15) is 41.6 Å². The Kier molecular flexibility index (Phi) is 3.94. The van der Waals surface area contributed by atoms with Gasteiger partial charge in [-0.3, -0.25) is 9.59 Å². The highest BCUT2D eigenvalue weighted by Gasteiger charge is 2.40. The first kappa shape index (κ1) is 14.1.